The first-order chi connectivity index (χ1) is 14.0. The predicted molar refractivity (Wildman–Crippen MR) is 111 cm³/mol. The number of nitrogens with one attached hydrogen (secondary N) is 2. The van der Waals surface area contributed by atoms with Crippen LogP contribution in [0.1, 0.15) is 10.4 Å². The lowest BCUT2D eigenvalue weighted by atomic mass is 10.1. The second-order valence-electron chi connectivity index (χ2n) is 5.88. The van der Waals surface area contributed by atoms with Crippen LogP contribution in [0, 0.1) is 0 Å². The summed E-state index contributed by atoms with van der Waals surface area (Å²) in [6, 6.07) is 14.9. The van der Waals surface area contributed by atoms with Gasteiger partial charge in [-0.05, 0) is 36.4 Å². The molecular weight excluding hydrogens is 394 g/mol. The largest absolute Gasteiger partial charge is 0.496 e. The van der Waals surface area contributed by atoms with E-state index in [4.69, 9.17) is 21.1 Å². The topological polar surface area (TPSA) is 89.5 Å². The number of carbonyl (C=O) groups is 2. The molecule has 0 radical (unpaired) electrons. The fourth-order valence-electron chi connectivity index (χ4n) is 2.66. The Hall–Kier alpha value is -3.58. The summed E-state index contributed by atoms with van der Waals surface area (Å²) in [7, 11) is 2.86. The van der Waals surface area contributed by atoms with Crippen molar-refractivity contribution in [1.82, 2.24) is 10.3 Å². The smallest absolute Gasteiger partial charge is 0.326 e. The van der Waals surface area contributed by atoms with Gasteiger partial charge in [-0.1, -0.05) is 29.8 Å². The van der Waals surface area contributed by atoms with Crippen LogP contribution in [-0.2, 0) is 0 Å². The summed E-state index contributed by atoms with van der Waals surface area (Å²) in [6.07, 6.45) is 1.50. The first-order valence-corrected chi connectivity index (χ1v) is 8.95. The van der Waals surface area contributed by atoms with Gasteiger partial charge >= 0.3 is 6.03 Å². The molecule has 1 aromatic heterocycles. The van der Waals surface area contributed by atoms with E-state index in [1.165, 1.54) is 20.4 Å². The molecule has 0 aliphatic rings. The van der Waals surface area contributed by atoms with Crippen LogP contribution in [0.4, 0.5) is 10.5 Å². The Balaban J connectivity index is 1.68. The summed E-state index contributed by atoms with van der Waals surface area (Å²) in [5.41, 5.74) is 2.18. The Morgan fingerprint density at radius 1 is 0.931 bits per heavy atom. The number of aromatic nitrogens is 1. The molecule has 8 heteroatoms. The quantitative estimate of drug-likeness (QED) is 0.650. The molecule has 3 amide bonds. The number of imide groups is 1. The minimum Gasteiger partial charge on any atom is -0.496 e. The first kappa shape index (κ1) is 20.2. The lowest BCUT2D eigenvalue weighted by Crippen LogP contribution is -2.34. The van der Waals surface area contributed by atoms with E-state index in [1.807, 2.05) is 12.1 Å². The maximum atomic E-state index is 12.5. The zero-order valence-electron chi connectivity index (χ0n) is 15.7. The zero-order valence-corrected chi connectivity index (χ0v) is 16.5. The second kappa shape index (κ2) is 9.07. The number of hydrogen-bond acceptors (Lipinski definition) is 5. The maximum absolute atomic E-state index is 12.5. The van der Waals surface area contributed by atoms with E-state index in [0.717, 1.165) is 11.3 Å². The van der Waals surface area contributed by atoms with E-state index in [-0.39, 0.29) is 5.56 Å². The third-order valence-electron chi connectivity index (χ3n) is 4.04. The molecule has 0 saturated heterocycles. The standard InChI is InChI=1S/C21H18ClN3O4/c1-28-17-4-3-5-18(29-2)19(17)20(26)25-21(27)24-15-10-11-16(23-12-15)13-6-8-14(22)9-7-13/h3-12H,1-2H3,(H2,24,25,26,27). The van der Waals surface area contributed by atoms with Crippen molar-refractivity contribution in [2.75, 3.05) is 19.5 Å². The third kappa shape index (κ3) is 4.83. The van der Waals surface area contributed by atoms with Crippen LogP contribution in [0.25, 0.3) is 11.3 Å². The molecule has 148 valence electrons. The van der Waals surface area contributed by atoms with Crippen LogP contribution in [-0.4, -0.2) is 31.1 Å². The van der Waals surface area contributed by atoms with E-state index in [0.29, 0.717) is 22.2 Å². The van der Waals surface area contributed by atoms with E-state index in [2.05, 4.69) is 15.6 Å². The van der Waals surface area contributed by atoms with Crippen LogP contribution in [0.15, 0.2) is 60.8 Å². The van der Waals surface area contributed by atoms with Crippen molar-refractivity contribution >= 4 is 29.2 Å². The van der Waals surface area contributed by atoms with Gasteiger partial charge in [-0.15, -0.1) is 0 Å². The Morgan fingerprint density at radius 2 is 1.59 bits per heavy atom. The number of pyridine rings is 1. The molecule has 0 aliphatic carbocycles. The van der Waals surface area contributed by atoms with Crippen molar-refractivity contribution in [3.63, 3.8) is 0 Å². The Labute approximate surface area is 172 Å². The van der Waals surface area contributed by atoms with E-state index < -0.39 is 11.9 Å². The minimum absolute atomic E-state index is 0.129. The van der Waals surface area contributed by atoms with E-state index in [9.17, 15) is 9.59 Å². The highest BCUT2D eigenvalue weighted by atomic mass is 35.5. The summed E-state index contributed by atoms with van der Waals surface area (Å²) in [6.45, 7) is 0. The summed E-state index contributed by atoms with van der Waals surface area (Å²) >= 11 is 5.89. The minimum atomic E-state index is -0.705. The fourth-order valence-corrected chi connectivity index (χ4v) is 2.79. The summed E-state index contributed by atoms with van der Waals surface area (Å²) in [5, 5.41) is 5.46. The molecule has 0 unspecified atom stereocenters. The maximum Gasteiger partial charge on any atom is 0.326 e. The van der Waals surface area contributed by atoms with Crippen LogP contribution >= 0.6 is 11.6 Å². The number of nitrogens with zero attached hydrogens (tertiary/aromatic N) is 1. The molecular formula is C21H18ClN3O4. The molecule has 0 atom stereocenters. The molecule has 0 spiro atoms. The van der Waals surface area contributed by atoms with Gasteiger partial charge in [-0.2, -0.15) is 0 Å². The highest BCUT2D eigenvalue weighted by Crippen LogP contribution is 2.28. The van der Waals surface area contributed by atoms with Crippen LogP contribution in [0.2, 0.25) is 5.02 Å². The van der Waals surface area contributed by atoms with E-state index in [1.54, 1.807) is 42.5 Å². The molecule has 1 heterocycles. The molecule has 29 heavy (non-hydrogen) atoms. The molecule has 2 N–H and O–H groups in total. The van der Waals surface area contributed by atoms with Gasteiger partial charge in [-0.25, -0.2) is 4.79 Å². The van der Waals surface area contributed by atoms with Crippen molar-refractivity contribution in [1.29, 1.82) is 0 Å². The van der Waals surface area contributed by atoms with Crippen LogP contribution in [0.5, 0.6) is 11.5 Å². The second-order valence-corrected chi connectivity index (χ2v) is 6.32. The molecule has 2 aromatic carbocycles. The third-order valence-corrected chi connectivity index (χ3v) is 4.30. The number of ether oxygens (including phenoxy) is 2. The predicted octanol–water partition coefficient (Wildman–Crippen LogP) is 4.38. The lowest BCUT2D eigenvalue weighted by molar-refractivity contribution is 0.0961. The van der Waals surface area contributed by atoms with Crippen LogP contribution < -0.4 is 20.1 Å². The molecule has 7 nitrogen and oxygen atoms in total. The van der Waals surface area contributed by atoms with Gasteiger partial charge < -0.3 is 14.8 Å². The van der Waals surface area contributed by atoms with Gasteiger partial charge in [-0.3, -0.25) is 15.1 Å². The zero-order chi connectivity index (χ0) is 20.8. The number of benzene rings is 2. The highest BCUT2D eigenvalue weighted by molar-refractivity contribution is 6.30. The SMILES string of the molecule is COc1cccc(OC)c1C(=O)NC(=O)Nc1ccc(-c2ccc(Cl)cc2)nc1. The summed E-state index contributed by atoms with van der Waals surface area (Å²) < 4.78 is 10.4. The molecule has 3 aromatic rings. The summed E-state index contributed by atoms with van der Waals surface area (Å²) in [4.78, 5) is 29.0. The van der Waals surface area contributed by atoms with Crippen molar-refractivity contribution in [3.05, 3.63) is 71.4 Å². The number of halogens is 1. The number of amides is 3. The first-order valence-electron chi connectivity index (χ1n) is 8.57. The molecule has 0 aliphatic heterocycles. The Morgan fingerprint density at radius 3 is 2.14 bits per heavy atom. The normalized spacial score (nSPS) is 10.2. The molecule has 3 rings (SSSR count). The van der Waals surface area contributed by atoms with Gasteiger partial charge in [0.25, 0.3) is 5.91 Å². The van der Waals surface area contributed by atoms with Crippen molar-refractivity contribution in [2.24, 2.45) is 0 Å². The van der Waals surface area contributed by atoms with Crippen molar-refractivity contribution < 1.29 is 19.1 Å². The number of rotatable bonds is 5. The van der Waals surface area contributed by atoms with Gasteiger partial charge in [0.05, 0.1) is 31.8 Å². The average Bonchev–Trinajstić information content (AvgIpc) is 2.74. The number of carbonyl (C=O) groups excluding carboxylic acids is 2. The van der Waals surface area contributed by atoms with Crippen molar-refractivity contribution in [3.8, 4) is 22.8 Å². The van der Waals surface area contributed by atoms with Gasteiger partial charge in [0.15, 0.2) is 0 Å². The average molecular weight is 412 g/mol. The van der Waals surface area contributed by atoms with E-state index >= 15 is 0 Å². The van der Waals surface area contributed by atoms with Gasteiger partial charge in [0.1, 0.15) is 17.1 Å². The molecule has 0 fully saturated rings. The Kier molecular flexibility index (Phi) is 6.31. The molecule has 0 saturated carbocycles. The number of anilines is 1. The number of hydrogen-bond donors (Lipinski definition) is 2. The van der Waals surface area contributed by atoms with Crippen molar-refractivity contribution in [2.45, 2.75) is 0 Å². The lowest BCUT2D eigenvalue weighted by Gasteiger charge is -2.13. The number of urea groups is 1. The molecule has 0 bridgehead atoms. The summed E-state index contributed by atoms with van der Waals surface area (Å²) in [5.74, 6) is -0.0604. The highest BCUT2D eigenvalue weighted by Gasteiger charge is 2.20. The van der Waals surface area contributed by atoms with Gasteiger partial charge in [0, 0.05) is 10.6 Å². The van der Waals surface area contributed by atoms with Crippen LogP contribution in [0.3, 0.4) is 0 Å². The fraction of sp³-hybridized carbons (Fsp3) is 0.0952. The Bertz CT molecular complexity index is 999. The van der Waals surface area contributed by atoms with Gasteiger partial charge in [0.2, 0.25) is 0 Å². The number of methoxy groups -OCH3 is 2. The monoisotopic (exact) mass is 411 g/mol.